The zero-order chi connectivity index (χ0) is 15.4. The van der Waals surface area contributed by atoms with Crippen LogP contribution >= 0.6 is 11.6 Å². The van der Waals surface area contributed by atoms with Gasteiger partial charge in [0.1, 0.15) is 6.10 Å². The highest BCUT2D eigenvalue weighted by Crippen LogP contribution is 2.22. The van der Waals surface area contributed by atoms with Gasteiger partial charge in [-0.15, -0.1) is 0 Å². The van der Waals surface area contributed by atoms with Crippen LogP contribution in [0.3, 0.4) is 0 Å². The van der Waals surface area contributed by atoms with Crippen LogP contribution in [0.2, 0.25) is 5.02 Å². The van der Waals surface area contributed by atoms with Crippen LogP contribution in [-0.4, -0.2) is 18.6 Å². The summed E-state index contributed by atoms with van der Waals surface area (Å²) < 4.78 is 5.36. The first-order valence-electron chi connectivity index (χ1n) is 7.26. The first-order chi connectivity index (χ1) is 10.7. The van der Waals surface area contributed by atoms with E-state index in [1.54, 1.807) is 0 Å². The van der Waals surface area contributed by atoms with Crippen LogP contribution in [0, 0.1) is 0 Å². The Balaban J connectivity index is 1.61. The molecule has 1 atom stereocenters. The van der Waals surface area contributed by atoms with E-state index < -0.39 is 0 Å². The quantitative estimate of drug-likeness (QED) is 0.888. The summed E-state index contributed by atoms with van der Waals surface area (Å²) in [4.78, 5) is 12.0. The molecule has 1 saturated heterocycles. The minimum absolute atomic E-state index is 0.0759. The van der Waals surface area contributed by atoms with E-state index in [1.165, 1.54) is 0 Å². The highest BCUT2D eigenvalue weighted by atomic mass is 35.5. The molecule has 4 nitrogen and oxygen atoms in total. The maximum Gasteiger partial charge on any atom is 0.253 e. The van der Waals surface area contributed by atoms with Gasteiger partial charge in [-0.05, 0) is 55.3 Å². The molecule has 5 heteroatoms. The summed E-state index contributed by atoms with van der Waals surface area (Å²) in [5.74, 6) is -0.0759. The Morgan fingerprint density at radius 1 is 1.09 bits per heavy atom. The number of amides is 1. The Morgan fingerprint density at radius 2 is 1.86 bits per heavy atom. The lowest BCUT2D eigenvalue weighted by molar-refractivity contribution is -0.124. The van der Waals surface area contributed by atoms with E-state index in [4.69, 9.17) is 16.3 Å². The van der Waals surface area contributed by atoms with Crippen LogP contribution < -0.4 is 10.6 Å². The molecule has 0 bridgehead atoms. The highest BCUT2D eigenvalue weighted by Gasteiger charge is 2.23. The van der Waals surface area contributed by atoms with E-state index in [-0.39, 0.29) is 12.0 Å². The number of carbonyl (C=O) groups is 1. The number of carbonyl (C=O) groups excluding carboxylic acids is 1. The van der Waals surface area contributed by atoms with E-state index in [9.17, 15) is 4.79 Å². The highest BCUT2D eigenvalue weighted by molar-refractivity contribution is 6.30. The van der Waals surface area contributed by atoms with Crippen LogP contribution in [0.1, 0.15) is 12.8 Å². The Hall–Kier alpha value is -2.04. The van der Waals surface area contributed by atoms with E-state index in [0.717, 1.165) is 29.9 Å². The molecule has 1 aliphatic heterocycles. The van der Waals surface area contributed by atoms with Crippen molar-refractivity contribution in [3.63, 3.8) is 0 Å². The molecule has 1 fully saturated rings. The van der Waals surface area contributed by atoms with Gasteiger partial charge in [0.15, 0.2) is 0 Å². The first kappa shape index (κ1) is 14.9. The van der Waals surface area contributed by atoms with Crippen molar-refractivity contribution in [1.82, 2.24) is 0 Å². The molecule has 22 heavy (non-hydrogen) atoms. The number of ether oxygens (including phenoxy) is 1. The number of benzene rings is 2. The zero-order valence-corrected chi connectivity index (χ0v) is 12.8. The molecule has 0 spiro atoms. The van der Waals surface area contributed by atoms with Crippen molar-refractivity contribution in [3.05, 3.63) is 53.6 Å². The molecular weight excluding hydrogens is 300 g/mol. The lowest BCUT2D eigenvalue weighted by atomic mass is 10.2. The number of anilines is 3. The van der Waals surface area contributed by atoms with Crippen molar-refractivity contribution in [2.75, 3.05) is 17.2 Å². The van der Waals surface area contributed by atoms with Gasteiger partial charge >= 0.3 is 0 Å². The summed E-state index contributed by atoms with van der Waals surface area (Å²) in [6.45, 7) is 0.667. The van der Waals surface area contributed by atoms with Crippen LogP contribution in [0.4, 0.5) is 17.1 Å². The van der Waals surface area contributed by atoms with Crippen LogP contribution in [-0.2, 0) is 9.53 Å². The predicted octanol–water partition coefficient (Wildman–Crippen LogP) is 4.20. The van der Waals surface area contributed by atoms with Gasteiger partial charge in [0.25, 0.3) is 5.91 Å². The SMILES string of the molecule is O=C(Nc1ccc(Nc2cccc(Cl)c2)cc1)C1CCCO1. The summed E-state index contributed by atoms with van der Waals surface area (Å²) >= 11 is 5.96. The lowest BCUT2D eigenvalue weighted by Crippen LogP contribution is -2.26. The third kappa shape index (κ3) is 3.78. The van der Waals surface area contributed by atoms with Gasteiger partial charge in [0, 0.05) is 28.7 Å². The maximum absolute atomic E-state index is 12.0. The molecule has 1 aliphatic rings. The molecule has 1 amide bonds. The van der Waals surface area contributed by atoms with Crippen LogP contribution in [0.5, 0.6) is 0 Å². The van der Waals surface area contributed by atoms with Gasteiger partial charge in [-0.3, -0.25) is 4.79 Å². The van der Waals surface area contributed by atoms with Crippen molar-refractivity contribution in [1.29, 1.82) is 0 Å². The first-order valence-corrected chi connectivity index (χ1v) is 7.64. The molecule has 2 aromatic carbocycles. The van der Waals surface area contributed by atoms with Crippen molar-refractivity contribution in [3.8, 4) is 0 Å². The van der Waals surface area contributed by atoms with Gasteiger partial charge in [0.2, 0.25) is 0 Å². The molecule has 2 aromatic rings. The van der Waals surface area contributed by atoms with Gasteiger partial charge in [-0.2, -0.15) is 0 Å². The lowest BCUT2D eigenvalue weighted by Gasteiger charge is -2.11. The largest absolute Gasteiger partial charge is 0.368 e. The van der Waals surface area contributed by atoms with Crippen molar-refractivity contribution in [2.45, 2.75) is 18.9 Å². The van der Waals surface area contributed by atoms with Crippen molar-refractivity contribution < 1.29 is 9.53 Å². The molecule has 0 aromatic heterocycles. The molecule has 0 radical (unpaired) electrons. The molecular formula is C17H17ClN2O2. The van der Waals surface area contributed by atoms with Crippen LogP contribution in [0.15, 0.2) is 48.5 Å². The molecule has 0 saturated carbocycles. The number of nitrogens with one attached hydrogen (secondary N) is 2. The van der Waals surface area contributed by atoms with Crippen molar-refractivity contribution in [2.24, 2.45) is 0 Å². The molecule has 1 unspecified atom stereocenters. The van der Waals surface area contributed by atoms with E-state index in [2.05, 4.69) is 10.6 Å². The second-order valence-electron chi connectivity index (χ2n) is 5.20. The minimum atomic E-state index is -0.315. The molecule has 1 heterocycles. The maximum atomic E-state index is 12.0. The number of hydrogen-bond acceptors (Lipinski definition) is 3. The van der Waals surface area contributed by atoms with E-state index in [0.29, 0.717) is 11.6 Å². The predicted molar refractivity (Wildman–Crippen MR) is 88.8 cm³/mol. The fourth-order valence-corrected chi connectivity index (χ4v) is 2.57. The number of hydrogen-bond donors (Lipinski definition) is 2. The second kappa shape index (κ2) is 6.81. The minimum Gasteiger partial charge on any atom is -0.368 e. The summed E-state index contributed by atoms with van der Waals surface area (Å²) in [6, 6.07) is 15.1. The molecule has 2 N–H and O–H groups in total. The molecule has 0 aliphatic carbocycles. The Bertz CT molecular complexity index is 652. The monoisotopic (exact) mass is 316 g/mol. The third-order valence-electron chi connectivity index (χ3n) is 3.49. The summed E-state index contributed by atoms with van der Waals surface area (Å²) in [5.41, 5.74) is 2.61. The fraction of sp³-hybridized carbons (Fsp3) is 0.235. The summed E-state index contributed by atoms with van der Waals surface area (Å²) in [5, 5.41) is 6.82. The average molecular weight is 317 g/mol. The average Bonchev–Trinajstić information content (AvgIpc) is 3.04. The Kier molecular flexibility index (Phi) is 4.61. The Labute approximate surface area is 134 Å². The fourth-order valence-electron chi connectivity index (χ4n) is 2.38. The van der Waals surface area contributed by atoms with Gasteiger partial charge in [-0.25, -0.2) is 0 Å². The number of halogens is 1. The van der Waals surface area contributed by atoms with E-state index in [1.807, 2.05) is 48.5 Å². The summed E-state index contributed by atoms with van der Waals surface area (Å²) in [7, 11) is 0. The second-order valence-corrected chi connectivity index (χ2v) is 5.64. The summed E-state index contributed by atoms with van der Waals surface area (Å²) in [6.07, 6.45) is 1.42. The normalized spacial score (nSPS) is 17.2. The molecule has 114 valence electrons. The zero-order valence-electron chi connectivity index (χ0n) is 12.0. The smallest absolute Gasteiger partial charge is 0.253 e. The van der Waals surface area contributed by atoms with Crippen molar-refractivity contribution >= 4 is 34.6 Å². The third-order valence-corrected chi connectivity index (χ3v) is 3.72. The number of rotatable bonds is 4. The van der Waals surface area contributed by atoms with E-state index >= 15 is 0 Å². The molecule has 3 rings (SSSR count). The van der Waals surface area contributed by atoms with Crippen LogP contribution in [0.25, 0.3) is 0 Å². The standard InChI is InChI=1S/C17H17ClN2O2/c18-12-3-1-4-15(11-12)19-13-6-8-14(9-7-13)20-17(21)16-5-2-10-22-16/h1,3-4,6-9,11,16,19H,2,5,10H2,(H,20,21). The van der Waals surface area contributed by atoms with Gasteiger partial charge in [0.05, 0.1) is 0 Å². The topological polar surface area (TPSA) is 50.4 Å². The van der Waals surface area contributed by atoms with Gasteiger partial charge in [-0.1, -0.05) is 17.7 Å². The Morgan fingerprint density at radius 3 is 2.55 bits per heavy atom. The van der Waals surface area contributed by atoms with Gasteiger partial charge < -0.3 is 15.4 Å².